The molecular weight excluding hydrogens is 339 g/mol. The summed E-state index contributed by atoms with van der Waals surface area (Å²) in [7, 11) is 0. The van der Waals surface area contributed by atoms with Crippen LogP contribution in [0.25, 0.3) is 0 Å². The van der Waals surface area contributed by atoms with E-state index >= 15 is 0 Å². The van der Waals surface area contributed by atoms with Gasteiger partial charge in [0.05, 0.1) is 0 Å². The van der Waals surface area contributed by atoms with E-state index in [0.717, 1.165) is 9.76 Å². The number of hydrogen-bond donors (Lipinski definition) is 0. The molecule has 5 heteroatoms. The number of thiocarbonyl (C=S) groups is 1. The van der Waals surface area contributed by atoms with Crippen molar-refractivity contribution in [1.82, 2.24) is 4.90 Å². The van der Waals surface area contributed by atoms with Crippen LogP contribution in [-0.2, 0) is 0 Å². The van der Waals surface area contributed by atoms with Gasteiger partial charge in [0.15, 0.2) is 0 Å². The van der Waals surface area contributed by atoms with E-state index in [4.69, 9.17) is 12.2 Å². The molecule has 96 valence electrons. The summed E-state index contributed by atoms with van der Waals surface area (Å²) in [6.07, 6.45) is 8.58. The molecule has 2 aliphatic heterocycles. The second kappa shape index (κ2) is 6.05. The number of allylic oxidation sites excluding steroid dienone is 2. The zero-order valence-electron chi connectivity index (χ0n) is 10.1. The number of nitrogens with zero attached hydrogens (tertiary/aromatic N) is 2. The van der Waals surface area contributed by atoms with E-state index in [1.807, 2.05) is 24.4 Å². The van der Waals surface area contributed by atoms with Crippen LogP contribution in [0.3, 0.4) is 0 Å². The fourth-order valence-electron chi connectivity index (χ4n) is 1.88. The molecule has 0 saturated carbocycles. The Kier molecular flexibility index (Phi) is 4.18. The molecule has 1 atom stereocenters. The molecule has 1 aromatic rings. The van der Waals surface area contributed by atoms with Gasteiger partial charge in [-0.05, 0) is 0 Å². The number of benzene rings is 1. The fraction of sp³-hybridized carbons (Fsp3) is 0.143. The van der Waals surface area contributed by atoms with Crippen molar-refractivity contribution < 1.29 is 0 Å². The van der Waals surface area contributed by atoms with E-state index in [-0.39, 0.29) is 15.0 Å². The Morgan fingerprint density at radius 3 is 3.05 bits per heavy atom. The maximum absolute atomic E-state index is 5.51. The molecule has 1 unspecified atom stereocenters. The van der Waals surface area contributed by atoms with Crippen LogP contribution in [0.5, 0.6) is 0 Å². The van der Waals surface area contributed by atoms with Crippen molar-refractivity contribution >= 4 is 48.2 Å². The van der Waals surface area contributed by atoms with Crippen molar-refractivity contribution in [2.45, 2.75) is 10.9 Å². The Morgan fingerprint density at radius 2 is 2.21 bits per heavy atom. The Balaban J connectivity index is 1.61. The molecule has 0 N–H and O–H groups in total. The molecule has 0 radical (unpaired) electrons. The van der Waals surface area contributed by atoms with Crippen molar-refractivity contribution in [3.05, 3.63) is 53.2 Å². The summed E-state index contributed by atoms with van der Waals surface area (Å²) >= 11 is 7.44. The number of hydrogen-bond acceptors (Lipinski definition) is 4. The molecule has 2 aliphatic rings. The molecule has 0 spiro atoms. The molecule has 0 fully saturated rings. The second-order valence-corrected chi connectivity index (χ2v) is 9.32. The predicted octanol–water partition coefficient (Wildman–Crippen LogP) is 2.89. The first-order valence-electron chi connectivity index (χ1n) is 5.92. The van der Waals surface area contributed by atoms with Gasteiger partial charge in [-0.2, -0.15) is 0 Å². The molecule has 2 heterocycles. The summed E-state index contributed by atoms with van der Waals surface area (Å²) in [6, 6.07) is 10.7. The summed E-state index contributed by atoms with van der Waals surface area (Å²) in [4.78, 5) is 7.72. The number of thioether (sulfide) groups is 1. The molecule has 19 heavy (non-hydrogen) atoms. The number of rotatable bonds is 3. The first-order chi connectivity index (χ1) is 9.31. The molecule has 3 rings (SSSR count). The van der Waals surface area contributed by atoms with Crippen molar-refractivity contribution in [3.63, 3.8) is 0 Å². The Morgan fingerprint density at radius 1 is 1.37 bits per heavy atom. The van der Waals surface area contributed by atoms with Crippen LogP contribution in [0, 0.1) is 0 Å². The minimum atomic E-state index is 0.231. The molecule has 0 bridgehead atoms. The van der Waals surface area contributed by atoms with Gasteiger partial charge in [-0.1, -0.05) is 0 Å². The minimum absolute atomic E-state index is 0.231. The van der Waals surface area contributed by atoms with Gasteiger partial charge in [0, 0.05) is 0 Å². The summed E-state index contributed by atoms with van der Waals surface area (Å²) in [6.45, 7) is 0.779. The number of aliphatic imine (C=N–C) groups is 1. The third-order valence-electron chi connectivity index (χ3n) is 2.80. The standard InChI is InChI=1S/C14H12N2S2Se/c17-14(18-12-4-2-1-3-5-12)19-13-6-7-16-10-15-9-11(16)8-13/h1-9,11H,10H2. The van der Waals surface area contributed by atoms with Crippen LogP contribution in [0.2, 0.25) is 0 Å². The molecule has 0 aromatic heterocycles. The van der Waals surface area contributed by atoms with Gasteiger partial charge >= 0.3 is 129 Å². The molecule has 1 aromatic carbocycles. The van der Waals surface area contributed by atoms with Gasteiger partial charge in [0.1, 0.15) is 0 Å². The van der Waals surface area contributed by atoms with Crippen molar-refractivity contribution in [2.75, 3.05) is 6.67 Å². The third kappa shape index (κ3) is 3.37. The Hall–Kier alpha value is -0.871. The van der Waals surface area contributed by atoms with E-state index < -0.39 is 0 Å². The van der Waals surface area contributed by atoms with Gasteiger partial charge in [-0.25, -0.2) is 0 Å². The van der Waals surface area contributed by atoms with E-state index in [9.17, 15) is 0 Å². The zero-order chi connectivity index (χ0) is 13.1. The fourth-order valence-corrected chi connectivity index (χ4v) is 5.67. The zero-order valence-corrected chi connectivity index (χ0v) is 13.4. The maximum atomic E-state index is 5.51. The van der Waals surface area contributed by atoms with Gasteiger partial charge in [-0.15, -0.1) is 0 Å². The topological polar surface area (TPSA) is 15.6 Å². The molecule has 0 saturated heterocycles. The Bertz CT molecular complexity index is 566. The molecule has 0 amide bonds. The monoisotopic (exact) mass is 352 g/mol. The van der Waals surface area contributed by atoms with Gasteiger partial charge in [0.25, 0.3) is 0 Å². The second-order valence-electron chi connectivity index (χ2n) is 4.13. The van der Waals surface area contributed by atoms with Crippen molar-refractivity contribution in [3.8, 4) is 0 Å². The van der Waals surface area contributed by atoms with E-state index in [2.05, 4.69) is 40.4 Å². The van der Waals surface area contributed by atoms with Gasteiger partial charge < -0.3 is 0 Å². The molecule has 0 aliphatic carbocycles. The van der Waals surface area contributed by atoms with Crippen LogP contribution in [0.1, 0.15) is 0 Å². The third-order valence-corrected chi connectivity index (χ3v) is 6.53. The quantitative estimate of drug-likeness (QED) is 0.473. The van der Waals surface area contributed by atoms with Gasteiger partial charge in [0.2, 0.25) is 0 Å². The van der Waals surface area contributed by atoms with Crippen LogP contribution in [-0.4, -0.2) is 41.9 Å². The average molecular weight is 351 g/mol. The number of fused-ring (bicyclic) bond motifs is 1. The SMILES string of the molecule is S=C(Sc1ccccc1)[Se]C1=CC2C=NCN2C=C1. The summed E-state index contributed by atoms with van der Waals surface area (Å²) < 4.78 is 2.41. The van der Waals surface area contributed by atoms with Crippen LogP contribution in [0.15, 0.2) is 63.0 Å². The van der Waals surface area contributed by atoms with Gasteiger partial charge in [-0.3, -0.25) is 0 Å². The summed E-state index contributed by atoms with van der Waals surface area (Å²) in [5.74, 6) is 0. The Labute approximate surface area is 128 Å². The predicted molar refractivity (Wildman–Crippen MR) is 86.9 cm³/mol. The van der Waals surface area contributed by atoms with Crippen molar-refractivity contribution in [1.29, 1.82) is 0 Å². The van der Waals surface area contributed by atoms with E-state index in [1.165, 1.54) is 9.37 Å². The first-order valence-corrected chi connectivity index (χ1v) is 8.85. The summed E-state index contributed by atoms with van der Waals surface area (Å²) in [5.41, 5.74) is 0. The first kappa shape index (κ1) is 13.1. The van der Waals surface area contributed by atoms with E-state index in [0.29, 0.717) is 6.04 Å². The van der Waals surface area contributed by atoms with E-state index in [1.54, 1.807) is 11.8 Å². The van der Waals surface area contributed by atoms with Crippen LogP contribution >= 0.6 is 24.0 Å². The summed E-state index contributed by atoms with van der Waals surface area (Å²) in [5, 5.41) is 0. The van der Waals surface area contributed by atoms with Crippen LogP contribution < -0.4 is 0 Å². The van der Waals surface area contributed by atoms with Crippen molar-refractivity contribution in [2.24, 2.45) is 4.99 Å². The normalized spacial score (nSPS) is 20.3. The average Bonchev–Trinajstić information content (AvgIpc) is 2.87. The molecule has 2 nitrogen and oxygen atoms in total. The molecular formula is C14H12N2S2Se. The van der Waals surface area contributed by atoms with Crippen LogP contribution in [0.4, 0.5) is 0 Å².